The lowest BCUT2D eigenvalue weighted by Crippen LogP contribution is -2.42. The van der Waals surface area contributed by atoms with Gasteiger partial charge in [-0.15, -0.1) is 11.6 Å². The summed E-state index contributed by atoms with van der Waals surface area (Å²) in [6, 6.07) is 6.04. The van der Waals surface area contributed by atoms with Crippen molar-refractivity contribution < 1.29 is 4.74 Å². The molecule has 0 aromatic heterocycles. The van der Waals surface area contributed by atoms with Gasteiger partial charge in [0.05, 0.1) is 7.11 Å². The molecule has 0 amide bonds. The minimum atomic E-state index is -0.0329. The van der Waals surface area contributed by atoms with Gasteiger partial charge in [-0.05, 0) is 39.1 Å². The fourth-order valence-electron chi connectivity index (χ4n) is 1.44. The van der Waals surface area contributed by atoms with Crippen LogP contribution in [0.2, 0.25) is 0 Å². The molecule has 0 aliphatic rings. The highest BCUT2D eigenvalue weighted by Gasteiger charge is 2.23. The Labute approximate surface area is 117 Å². The van der Waals surface area contributed by atoms with E-state index < -0.39 is 0 Å². The summed E-state index contributed by atoms with van der Waals surface area (Å²) in [6.07, 6.45) is 0. The fraction of sp³-hybridized carbons (Fsp3) is 0.538. The lowest BCUT2D eigenvalue weighted by atomic mass is 10.1. The van der Waals surface area contributed by atoms with Crippen molar-refractivity contribution in [1.82, 2.24) is 4.90 Å². The van der Waals surface area contributed by atoms with Gasteiger partial charge in [0.1, 0.15) is 5.75 Å². The Bertz CT molecular complexity index is 382. The largest absolute Gasteiger partial charge is 0.496 e. The molecule has 0 heterocycles. The van der Waals surface area contributed by atoms with E-state index in [0.29, 0.717) is 5.88 Å². The molecular weight excluding hydrogens is 302 g/mol. The molecule has 2 nitrogen and oxygen atoms in total. The molecule has 1 aromatic rings. The van der Waals surface area contributed by atoms with Crippen LogP contribution in [-0.2, 0) is 6.54 Å². The Balaban J connectivity index is 2.91. The van der Waals surface area contributed by atoms with Gasteiger partial charge in [-0.2, -0.15) is 0 Å². The molecule has 17 heavy (non-hydrogen) atoms. The number of hydrogen-bond acceptors (Lipinski definition) is 2. The quantitative estimate of drug-likeness (QED) is 0.763. The summed E-state index contributed by atoms with van der Waals surface area (Å²) in [4.78, 5) is 2.23. The molecule has 0 saturated heterocycles. The second kappa shape index (κ2) is 6.07. The zero-order valence-electron chi connectivity index (χ0n) is 10.8. The summed E-state index contributed by atoms with van der Waals surface area (Å²) in [7, 11) is 3.77. The monoisotopic (exact) mass is 319 g/mol. The SMILES string of the molecule is COc1ccc(Br)cc1CN(C)C(C)(C)CCl. The van der Waals surface area contributed by atoms with Crippen LogP contribution in [0.5, 0.6) is 5.75 Å². The number of benzene rings is 1. The Morgan fingerprint density at radius 3 is 2.59 bits per heavy atom. The summed E-state index contributed by atoms with van der Waals surface area (Å²) in [5.41, 5.74) is 1.12. The summed E-state index contributed by atoms with van der Waals surface area (Å²) < 4.78 is 6.43. The van der Waals surface area contributed by atoms with Crippen LogP contribution in [0, 0.1) is 0 Å². The van der Waals surface area contributed by atoms with Gasteiger partial charge in [-0.1, -0.05) is 15.9 Å². The van der Waals surface area contributed by atoms with Crippen molar-refractivity contribution >= 4 is 27.5 Å². The van der Waals surface area contributed by atoms with Gasteiger partial charge in [0.15, 0.2) is 0 Å². The third-order valence-electron chi connectivity index (χ3n) is 3.01. The van der Waals surface area contributed by atoms with Crippen molar-refractivity contribution in [3.8, 4) is 5.75 Å². The second-order valence-corrected chi connectivity index (χ2v) is 5.94. The van der Waals surface area contributed by atoms with Crippen LogP contribution in [-0.4, -0.2) is 30.5 Å². The molecule has 0 fully saturated rings. The minimum absolute atomic E-state index is 0.0329. The van der Waals surface area contributed by atoms with E-state index in [0.717, 1.165) is 22.3 Å². The maximum Gasteiger partial charge on any atom is 0.123 e. The molecule has 0 radical (unpaired) electrons. The first kappa shape index (κ1) is 14.8. The van der Waals surface area contributed by atoms with E-state index in [2.05, 4.69) is 47.8 Å². The maximum absolute atomic E-state index is 5.98. The highest BCUT2D eigenvalue weighted by molar-refractivity contribution is 9.10. The first-order valence-electron chi connectivity index (χ1n) is 5.50. The van der Waals surface area contributed by atoms with Gasteiger partial charge in [-0.25, -0.2) is 0 Å². The number of methoxy groups -OCH3 is 1. The van der Waals surface area contributed by atoms with Crippen molar-refractivity contribution in [2.24, 2.45) is 0 Å². The van der Waals surface area contributed by atoms with Gasteiger partial charge >= 0.3 is 0 Å². The van der Waals surface area contributed by atoms with Crippen molar-refractivity contribution in [2.45, 2.75) is 25.9 Å². The standard InChI is InChI=1S/C13H19BrClNO/c1-13(2,9-15)16(3)8-10-7-11(14)5-6-12(10)17-4/h5-7H,8-9H2,1-4H3. The van der Waals surface area contributed by atoms with Gasteiger partial charge in [0.2, 0.25) is 0 Å². The molecule has 0 atom stereocenters. The lowest BCUT2D eigenvalue weighted by molar-refractivity contribution is 0.169. The van der Waals surface area contributed by atoms with Crippen molar-refractivity contribution in [3.05, 3.63) is 28.2 Å². The molecular formula is C13H19BrClNO. The Morgan fingerprint density at radius 2 is 2.06 bits per heavy atom. The molecule has 0 aliphatic carbocycles. The highest BCUT2D eigenvalue weighted by Crippen LogP contribution is 2.26. The fourth-order valence-corrected chi connectivity index (χ4v) is 2.05. The summed E-state index contributed by atoms with van der Waals surface area (Å²) in [6.45, 7) is 5.07. The molecule has 0 aliphatic heterocycles. The van der Waals surface area contributed by atoms with Gasteiger partial charge in [0.25, 0.3) is 0 Å². The predicted molar refractivity (Wildman–Crippen MR) is 77.0 cm³/mol. The lowest BCUT2D eigenvalue weighted by Gasteiger charge is -2.34. The number of rotatable bonds is 5. The summed E-state index contributed by atoms with van der Waals surface area (Å²) in [5, 5.41) is 0. The van der Waals surface area contributed by atoms with E-state index in [1.54, 1.807) is 7.11 Å². The second-order valence-electron chi connectivity index (χ2n) is 4.76. The van der Waals surface area contributed by atoms with E-state index in [1.165, 1.54) is 0 Å². The smallest absolute Gasteiger partial charge is 0.123 e. The highest BCUT2D eigenvalue weighted by atomic mass is 79.9. The van der Waals surface area contributed by atoms with E-state index in [1.807, 2.05) is 12.1 Å². The number of alkyl halides is 1. The molecule has 1 aromatic carbocycles. The molecule has 0 unspecified atom stereocenters. The first-order chi connectivity index (χ1) is 7.90. The van der Waals surface area contributed by atoms with E-state index in [9.17, 15) is 0 Å². The third kappa shape index (κ3) is 3.87. The van der Waals surface area contributed by atoms with Crippen LogP contribution in [0.4, 0.5) is 0 Å². The molecule has 1 rings (SSSR count). The van der Waals surface area contributed by atoms with Gasteiger partial charge in [-0.3, -0.25) is 4.90 Å². The van der Waals surface area contributed by atoms with Gasteiger partial charge < -0.3 is 4.74 Å². The van der Waals surface area contributed by atoms with Crippen LogP contribution >= 0.6 is 27.5 Å². The van der Waals surface area contributed by atoms with Crippen molar-refractivity contribution in [1.29, 1.82) is 0 Å². The average molecular weight is 321 g/mol. The van der Waals surface area contributed by atoms with Crippen molar-refractivity contribution in [2.75, 3.05) is 20.0 Å². The molecule has 4 heteroatoms. The maximum atomic E-state index is 5.98. The molecule has 0 spiro atoms. The summed E-state index contributed by atoms with van der Waals surface area (Å²) in [5.74, 6) is 1.50. The van der Waals surface area contributed by atoms with Crippen LogP contribution in [0.1, 0.15) is 19.4 Å². The van der Waals surface area contributed by atoms with Gasteiger partial charge in [0, 0.05) is 28.0 Å². The number of halogens is 2. The zero-order valence-corrected chi connectivity index (χ0v) is 13.1. The van der Waals surface area contributed by atoms with Crippen LogP contribution in [0.15, 0.2) is 22.7 Å². The van der Waals surface area contributed by atoms with Crippen molar-refractivity contribution in [3.63, 3.8) is 0 Å². The Morgan fingerprint density at radius 1 is 1.41 bits per heavy atom. The van der Waals surface area contributed by atoms with Crippen LogP contribution in [0.25, 0.3) is 0 Å². The number of nitrogens with zero attached hydrogens (tertiary/aromatic N) is 1. The van der Waals surface area contributed by atoms with E-state index in [-0.39, 0.29) is 5.54 Å². The predicted octanol–water partition coefficient (Wildman–Crippen LogP) is 3.91. The molecule has 0 N–H and O–H groups in total. The van der Waals surface area contributed by atoms with Crippen LogP contribution in [0.3, 0.4) is 0 Å². The molecule has 96 valence electrons. The molecule has 0 saturated carbocycles. The average Bonchev–Trinajstić information content (AvgIpc) is 2.29. The third-order valence-corrected chi connectivity index (χ3v) is 4.16. The number of hydrogen-bond donors (Lipinski definition) is 0. The first-order valence-corrected chi connectivity index (χ1v) is 6.83. The normalized spacial score (nSPS) is 11.9. The van der Waals surface area contributed by atoms with Crippen LogP contribution < -0.4 is 4.74 Å². The zero-order chi connectivity index (χ0) is 13.1. The topological polar surface area (TPSA) is 12.5 Å². The number of ether oxygens (including phenoxy) is 1. The van der Waals surface area contributed by atoms with E-state index in [4.69, 9.17) is 16.3 Å². The molecule has 0 bridgehead atoms. The van der Waals surface area contributed by atoms with E-state index >= 15 is 0 Å². The Kier molecular flexibility index (Phi) is 5.29. The minimum Gasteiger partial charge on any atom is -0.496 e. The Hall–Kier alpha value is -0.250. The summed E-state index contributed by atoms with van der Waals surface area (Å²) >= 11 is 9.46.